The van der Waals surface area contributed by atoms with E-state index in [0.29, 0.717) is 17.0 Å². The molecule has 7 heteroatoms. The molecule has 0 unspecified atom stereocenters. The lowest BCUT2D eigenvalue weighted by Gasteiger charge is -2.10. The normalized spacial score (nSPS) is 11.2. The SMILES string of the molecule is CN(C)CCCNc1ccc(-c2nc3nccc(C(=O)O)c3[nH]2)cc1. The number of carboxylic acid groups (broad SMARTS) is 1. The molecule has 0 atom stereocenters. The van der Waals surface area contributed by atoms with Crippen molar-refractivity contribution in [1.82, 2.24) is 19.9 Å². The highest BCUT2D eigenvalue weighted by atomic mass is 16.4. The lowest BCUT2D eigenvalue weighted by atomic mass is 10.2. The highest BCUT2D eigenvalue weighted by Gasteiger charge is 2.13. The van der Waals surface area contributed by atoms with Gasteiger partial charge < -0.3 is 20.3 Å². The topological polar surface area (TPSA) is 94.1 Å². The van der Waals surface area contributed by atoms with E-state index in [1.807, 2.05) is 24.3 Å². The maximum absolute atomic E-state index is 11.3. The Bertz CT molecular complexity index is 871. The number of aromatic carboxylic acids is 1. The fraction of sp³-hybridized carbons (Fsp3) is 0.278. The average Bonchev–Trinajstić information content (AvgIpc) is 3.03. The van der Waals surface area contributed by atoms with Crippen LogP contribution in [-0.2, 0) is 0 Å². The first-order chi connectivity index (χ1) is 12.0. The van der Waals surface area contributed by atoms with E-state index in [9.17, 15) is 9.90 Å². The summed E-state index contributed by atoms with van der Waals surface area (Å²) in [7, 11) is 4.12. The first-order valence-electron chi connectivity index (χ1n) is 8.11. The third-order valence-corrected chi connectivity index (χ3v) is 3.89. The smallest absolute Gasteiger partial charge is 0.338 e. The van der Waals surface area contributed by atoms with Crippen LogP contribution in [0.2, 0.25) is 0 Å². The van der Waals surface area contributed by atoms with Crippen LogP contribution in [0.5, 0.6) is 0 Å². The van der Waals surface area contributed by atoms with Gasteiger partial charge in [0.15, 0.2) is 5.65 Å². The van der Waals surface area contributed by atoms with Gasteiger partial charge >= 0.3 is 5.97 Å². The molecule has 3 N–H and O–H groups in total. The molecule has 0 spiro atoms. The number of aromatic amines is 1. The number of nitrogens with one attached hydrogen (secondary N) is 2. The quantitative estimate of drug-likeness (QED) is 0.573. The summed E-state index contributed by atoms with van der Waals surface area (Å²) < 4.78 is 0. The van der Waals surface area contributed by atoms with E-state index in [1.54, 1.807) is 0 Å². The van der Waals surface area contributed by atoms with E-state index in [4.69, 9.17) is 0 Å². The molecule has 0 aliphatic carbocycles. The van der Waals surface area contributed by atoms with Gasteiger partial charge in [-0.1, -0.05) is 0 Å². The second-order valence-corrected chi connectivity index (χ2v) is 6.11. The van der Waals surface area contributed by atoms with Crippen LogP contribution in [0.1, 0.15) is 16.8 Å². The van der Waals surface area contributed by atoms with Crippen LogP contribution in [0.15, 0.2) is 36.5 Å². The fourth-order valence-corrected chi connectivity index (χ4v) is 2.60. The second-order valence-electron chi connectivity index (χ2n) is 6.11. The van der Waals surface area contributed by atoms with Gasteiger partial charge in [-0.25, -0.2) is 14.8 Å². The predicted molar refractivity (Wildman–Crippen MR) is 97.9 cm³/mol. The van der Waals surface area contributed by atoms with Crippen molar-refractivity contribution in [3.63, 3.8) is 0 Å². The van der Waals surface area contributed by atoms with Crippen LogP contribution < -0.4 is 5.32 Å². The Balaban J connectivity index is 1.75. The van der Waals surface area contributed by atoms with Gasteiger partial charge in [-0.2, -0.15) is 0 Å². The number of H-pyrrole nitrogens is 1. The molecule has 0 fully saturated rings. The molecule has 2 aromatic heterocycles. The number of rotatable bonds is 7. The van der Waals surface area contributed by atoms with Crippen molar-refractivity contribution in [2.75, 3.05) is 32.5 Å². The predicted octanol–water partition coefficient (Wildman–Crippen LogP) is 2.69. The number of hydrogen-bond donors (Lipinski definition) is 3. The third-order valence-electron chi connectivity index (χ3n) is 3.89. The van der Waals surface area contributed by atoms with Gasteiger partial charge in [0.2, 0.25) is 0 Å². The second kappa shape index (κ2) is 7.31. The third kappa shape index (κ3) is 3.95. The van der Waals surface area contributed by atoms with E-state index in [2.05, 4.69) is 39.3 Å². The molecule has 0 radical (unpaired) electrons. The molecule has 0 saturated heterocycles. The molecule has 0 aliphatic rings. The minimum absolute atomic E-state index is 0.169. The van der Waals surface area contributed by atoms with E-state index in [-0.39, 0.29) is 5.56 Å². The highest BCUT2D eigenvalue weighted by Crippen LogP contribution is 2.23. The van der Waals surface area contributed by atoms with Crippen molar-refractivity contribution in [2.45, 2.75) is 6.42 Å². The van der Waals surface area contributed by atoms with Crippen LogP contribution in [0, 0.1) is 0 Å². The maximum Gasteiger partial charge on any atom is 0.338 e. The molecule has 0 aliphatic heterocycles. The van der Waals surface area contributed by atoms with Gasteiger partial charge in [0.25, 0.3) is 0 Å². The summed E-state index contributed by atoms with van der Waals surface area (Å²) in [4.78, 5) is 25.0. The number of hydrogen-bond acceptors (Lipinski definition) is 5. The van der Waals surface area contributed by atoms with Crippen LogP contribution in [0.3, 0.4) is 0 Å². The van der Waals surface area contributed by atoms with Crippen LogP contribution in [0.25, 0.3) is 22.6 Å². The number of imidazole rings is 1. The Hall–Kier alpha value is -2.93. The molecular formula is C18H21N5O2. The van der Waals surface area contributed by atoms with Crippen molar-refractivity contribution in [3.8, 4) is 11.4 Å². The van der Waals surface area contributed by atoms with Gasteiger partial charge in [-0.3, -0.25) is 0 Å². The van der Waals surface area contributed by atoms with E-state index >= 15 is 0 Å². The number of fused-ring (bicyclic) bond motifs is 1. The number of pyridine rings is 1. The first kappa shape index (κ1) is 16.9. The van der Waals surface area contributed by atoms with Gasteiger partial charge in [-0.15, -0.1) is 0 Å². The average molecular weight is 339 g/mol. The lowest BCUT2D eigenvalue weighted by molar-refractivity contribution is 0.0698. The number of anilines is 1. The molecule has 0 amide bonds. The Morgan fingerprint density at radius 2 is 2.00 bits per heavy atom. The van der Waals surface area contributed by atoms with Crippen LogP contribution in [-0.4, -0.2) is 58.1 Å². The maximum atomic E-state index is 11.3. The monoisotopic (exact) mass is 339 g/mol. The Kier molecular flexibility index (Phi) is 4.95. The lowest BCUT2D eigenvalue weighted by Crippen LogP contribution is -2.16. The highest BCUT2D eigenvalue weighted by molar-refractivity contribution is 6.00. The molecule has 25 heavy (non-hydrogen) atoms. The fourth-order valence-electron chi connectivity index (χ4n) is 2.60. The summed E-state index contributed by atoms with van der Waals surface area (Å²) in [5, 5.41) is 12.6. The summed E-state index contributed by atoms with van der Waals surface area (Å²) in [6.45, 7) is 1.96. The number of carbonyl (C=O) groups is 1. The van der Waals surface area contributed by atoms with Crippen molar-refractivity contribution >= 4 is 22.8 Å². The molecular weight excluding hydrogens is 318 g/mol. The van der Waals surface area contributed by atoms with Crippen LogP contribution in [0.4, 0.5) is 5.69 Å². The molecule has 0 saturated carbocycles. The molecule has 1 aromatic carbocycles. The molecule has 3 rings (SSSR count). The van der Waals surface area contributed by atoms with E-state index in [0.717, 1.165) is 30.8 Å². The Morgan fingerprint density at radius 3 is 2.68 bits per heavy atom. The van der Waals surface area contributed by atoms with E-state index in [1.165, 1.54) is 12.3 Å². The van der Waals surface area contributed by atoms with Crippen molar-refractivity contribution in [1.29, 1.82) is 0 Å². The number of nitrogens with zero attached hydrogens (tertiary/aromatic N) is 3. The van der Waals surface area contributed by atoms with Gasteiger partial charge in [0, 0.05) is 24.0 Å². The Labute approximate surface area is 145 Å². The minimum atomic E-state index is -1.00. The van der Waals surface area contributed by atoms with Crippen molar-refractivity contribution in [3.05, 3.63) is 42.1 Å². The Morgan fingerprint density at radius 1 is 1.24 bits per heavy atom. The van der Waals surface area contributed by atoms with Gasteiger partial charge in [0.1, 0.15) is 5.82 Å². The number of carboxylic acids is 1. The zero-order valence-corrected chi connectivity index (χ0v) is 14.3. The zero-order chi connectivity index (χ0) is 17.8. The molecule has 3 aromatic rings. The van der Waals surface area contributed by atoms with Crippen molar-refractivity contribution in [2.24, 2.45) is 0 Å². The summed E-state index contributed by atoms with van der Waals surface area (Å²) in [5.41, 5.74) is 2.94. The number of aromatic nitrogens is 3. The molecule has 0 bridgehead atoms. The summed E-state index contributed by atoms with van der Waals surface area (Å²) in [6, 6.07) is 9.35. The molecule has 130 valence electrons. The molecule has 7 nitrogen and oxygen atoms in total. The largest absolute Gasteiger partial charge is 0.478 e. The standard InChI is InChI=1S/C18H21N5O2/c1-23(2)11-3-9-19-13-6-4-12(5-7-13)16-21-15-14(18(24)25)8-10-20-17(15)22-16/h4-8,10,19H,3,9,11H2,1-2H3,(H,24,25)(H,20,21,22). The first-order valence-corrected chi connectivity index (χ1v) is 8.11. The van der Waals surface area contributed by atoms with Gasteiger partial charge in [-0.05, 0) is 57.4 Å². The summed E-state index contributed by atoms with van der Waals surface area (Å²) in [5.74, 6) is -0.393. The minimum Gasteiger partial charge on any atom is -0.478 e. The number of benzene rings is 1. The summed E-state index contributed by atoms with van der Waals surface area (Å²) in [6.07, 6.45) is 2.53. The summed E-state index contributed by atoms with van der Waals surface area (Å²) >= 11 is 0. The van der Waals surface area contributed by atoms with Gasteiger partial charge in [0.05, 0.1) is 11.1 Å². The van der Waals surface area contributed by atoms with E-state index < -0.39 is 5.97 Å². The molecule has 2 heterocycles. The van der Waals surface area contributed by atoms with Crippen LogP contribution >= 0.6 is 0 Å². The zero-order valence-electron chi connectivity index (χ0n) is 14.3. The van der Waals surface area contributed by atoms with Crippen molar-refractivity contribution < 1.29 is 9.90 Å².